The van der Waals surface area contributed by atoms with Gasteiger partial charge >= 0.3 is 12.1 Å². The lowest BCUT2D eigenvalue weighted by molar-refractivity contribution is -0.160. The Morgan fingerprint density at radius 1 is 1.21 bits per heavy atom. The van der Waals surface area contributed by atoms with Gasteiger partial charge < -0.3 is 19.1 Å². The molecule has 0 bridgehead atoms. The topological polar surface area (TPSA) is 65.1 Å². The van der Waals surface area contributed by atoms with Crippen LogP contribution in [0.3, 0.4) is 0 Å². The van der Waals surface area contributed by atoms with Crippen LogP contribution >= 0.6 is 0 Å². The summed E-state index contributed by atoms with van der Waals surface area (Å²) < 4.78 is 14.9. The van der Waals surface area contributed by atoms with E-state index in [1.54, 1.807) is 4.90 Å². The number of esters is 1. The van der Waals surface area contributed by atoms with Crippen molar-refractivity contribution in [2.24, 2.45) is 5.92 Å². The van der Waals surface area contributed by atoms with E-state index in [-0.39, 0.29) is 24.8 Å². The number of amides is 1. The number of carbonyl (C=O) groups is 2. The van der Waals surface area contributed by atoms with Crippen molar-refractivity contribution in [3.63, 3.8) is 0 Å². The molecule has 1 heterocycles. The highest BCUT2D eigenvalue weighted by molar-refractivity contribution is 5.73. The van der Waals surface area contributed by atoms with Gasteiger partial charge in [0.1, 0.15) is 5.60 Å². The standard InChI is InChI=1S/C13H23NO5/c1-13(2,3)19-12(16)14-7-5-10(6-8-14)11(15)18-9-17-4/h10H,5-9H2,1-4H3. The number of ether oxygens (including phenoxy) is 3. The van der Waals surface area contributed by atoms with Crippen molar-refractivity contribution in [3.8, 4) is 0 Å². The Morgan fingerprint density at radius 2 is 1.79 bits per heavy atom. The first-order chi connectivity index (χ1) is 8.83. The molecule has 0 aliphatic carbocycles. The lowest BCUT2D eigenvalue weighted by Gasteiger charge is -2.32. The summed E-state index contributed by atoms with van der Waals surface area (Å²) in [6.07, 6.45) is 0.875. The van der Waals surface area contributed by atoms with E-state index in [1.807, 2.05) is 20.8 Å². The van der Waals surface area contributed by atoms with Crippen LogP contribution in [0.15, 0.2) is 0 Å². The highest BCUT2D eigenvalue weighted by Gasteiger charge is 2.30. The minimum absolute atomic E-state index is 0.0227. The highest BCUT2D eigenvalue weighted by Crippen LogP contribution is 2.20. The molecule has 0 aromatic rings. The van der Waals surface area contributed by atoms with Gasteiger partial charge in [0, 0.05) is 20.2 Å². The molecule has 0 aromatic heterocycles. The second kappa shape index (κ2) is 6.75. The van der Waals surface area contributed by atoms with E-state index in [9.17, 15) is 9.59 Å². The van der Waals surface area contributed by atoms with E-state index in [0.29, 0.717) is 25.9 Å². The quantitative estimate of drug-likeness (QED) is 0.579. The number of piperidine rings is 1. The third kappa shape index (κ3) is 5.46. The normalized spacial score (nSPS) is 17.2. The van der Waals surface area contributed by atoms with Gasteiger partial charge in [-0.25, -0.2) is 4.79 Å². The third-order valence-corrected chi connectivity index (χ3v) is 2.80. The Balaban J connectivity index is 2.36. The van der Waals surface area contributed by atoms with Crippen molar-refractivity contribution in [1.29, 1.82) is 0 Å². The Labute approximate surface area is 114 Å². The molecule has 1 aliphatic rings. The number of carbonyl (C=O) groups excluding carboxylic acids is 2. The summed E-state index contributed by atoms with van der Waals surface area (Å²) in [5.41, 5.74) is -0.495. The molecule has 0 saturated carbocycles. The first-order valence-corrected chi connectivity index (χ1v) is 6.47. The number of hydrogen-bond acceptors (Lipinski definition) is 5. The van der Waals surface area contributed by atoms with E-state index in [2.05, 4.69) is 4.74 Å². The van der Waals surface area contributed by atoms with E-state index in [4.69, 9.17) is 9.47 Å². The van der Waals surface area contributed by atoms with E-state index >= 15 is 0 Å². The molecule has 110 valence electrons. The van der Waals surface area contributed by atoms with Crippen LogP contribution in [-0.4, -0.2) is 49.6 Å². The van der Waals surface area contributed by atoms with Crippen LogP contribution in [-0.2, 0) is 19.0 Å². The van der Waals surface area contributed by atoms with Crippen LogP contribution in [0, 0.1) is 5.92 Å². The number of nitrogens with zero attached hydrogens (tertiary/aromatic N) is 1. The maximum absolute atomic E-state index is 11.8. The minimum Gasteiger partial charge on any atom is -0.444 e. The molecule has 1 rings (SSSR count). The van der Waals surface area contributed by atoms with Gasteiger partial charge in [0.2, 0.25) is 0 Å². The molecule has 19 heavy (non-hydrogen) atoms. The fourth-order valence-electron chi connectivity index (χ4n) is 1.86. The smallest absolute Gasteiger partial charge is 0.410 e. The Kier molecular flexibility index (Phi) is 5.60. The molecule has 1 fully saturated rings. The molecule has 0 radical (unpaired) electrons. The fourth-order valence-corrected chi connectivity index (χ4v) is 1.86. The summed E-state index contributed by atoms with van der Waals surface area (Å²) in [4.78, 5) is 25.1. The molecule has 0 spiro atoms. The van der Waals surface area contributed by atoms with Gasteiger partial charge in [-0.1, -0.05) is 0 Å². The summed E-state index contributed by atoms with van der Waals surface area (Å²) >= 11 is 0. The van der Waals surface area contributed by atoms with E-state index < -0.39 is 5.60 Å². The average Bonchev–Trinajstić information content (AvgIpc) is 2.34. The Morgan fingerprint density at radius 3 is 2.26 bits per heavy atom. The lowest BCUT2D eigenvalue weighted by atomic mass is 9.97. The molecule has 6 nitrogen and oxygen atoms in total. The molecule has 6 heteroatoms. The van der Waals surface area contributed by atoms with Crippen LogP contribution in [0.25, 0.3) is 0 Å². The lowest BCUT2D eigenvalue weighted by Crippen LogP contribution is -2.43. The van der Waals surface area contributed by atoms with E-state index in [0.717, 1.165) is 0 Å². The molecular formula is C13H23NO5. The second-order valence-electron chi connectivity index (χ2n) is 5.61. The molecule has 1 saturated heterocycles. The van der Waals surface area contributed by atoms with Crippen molar-refractivity contribution in [3.05, 3.63) is 0 Å². The largest absolute Gasteiger partial charge is 0.444 e. The van der Waals surface area contributed by atoms with Crippen LogP contribution in [0.2, 0.25) is 0 Å². The maximum Gasteiger partial charge on any atom is 0.410 e. The molecule has 0 unspecified atom stereocenters. The van der Waals surface area contributed by atoms with Crippen LogP contribution in [0.5, 0.6) is 0 Å². The van der Waals surface area contributed by atoms with Gasteiger partial charge in [0.15, 0.2) is 6.79 Å². The first kappa shape index (κ1) is 15.8. The van der Waals surface area contributed by atoms with Crippen molar-refractivity contribution in [2.75, 3.05) is 27.0 Å². The van der Waals surface area contributed by atoms with Crippen molar-refractivity contribution < 1.29 is 23.8 Å². The average molecular weight is 273 g/mol. The number of hydrogen-bond donors (Lipinski definition) is 0. The fraction of sp³-hybridized carbons (Fsp3) is 0.846. The minimum atomic E-state index is -0.495. The van der Waals surface area contributed by atoms with Crippen LogP contribution < -0.4 is 0 Å². The maximum atomic E-state index is 11.8. The van der Waals surface area contributed by atoms with Crippen molar-refractivity contribution >= 4 is 12.1 Å². The zero-order valence-electron chi connectivity index (χ0n) is 12.1. The molecule has 0 N–H and O–H groups in total. The number of methoxy groups -OCH3 is 1. The molecule has 1 aliphatic heterocycles. The Bertz CT molecular complexity index is 315. The summed E-state index contributed by atoms with van der Waals surface area (Å²) in [6, 6.07) is 0. The van der Waals surface area contributed by atoms with E-state index in [1.165, 1.54) is 7.11 Å². The van der Waals surface area contributed by atoms with Gasteiger partial charge in [-0.15, -0.1) is 0 Å². The monoisotopic (exact) mass is 273 g/mol. The highest BCUT2D eigenvalue weighted by atomic mass is 16.7. The SMILES string of the molecule is COCOC(=O)C1CCN(C(=O)OC(C)(C)C)CC1. The molecule has 0 aromatic carbocycles. The summed E-state index contributed by atoms with van der Waals surface area (Å²) in [7, 11) is 1.47. The predicted octanol–water partition coefficient (Wildman–Crippen LogP) is 1.78. The number of likely N-dealkylation sites (tertiary alicyclic amines) is 1. The van der Waals surface area contributed by atoms with Crippen LogP contribution in [0.4, 0.5) is 4.79 Å². The predicted molar refractivity (Wildman–Crippen MR) is 68.5 cm³/mol. The summed E-state index contributed by atoms with van der Waals surface area (Å²) in [5, 5.41) is 0. The zero-order valence-corrected chi connectivity index (χ0v) is 12.1. The van der Waals surface area contributed by atoms with Gasteiger partial charge in [0.25, 0.3) is 0 Å². The molecule has 1 amide bonds. The molecular weight excluding hydrogens is 250 g/mol. The van der Waals surface area contributed by atoms with Gasteiger partial charge in [0.05, 0.1) is 5.92 Å². The summed E-state index contributed by atoms with van der Waals surface area (Å²) in [5.74, 6) is -0.417. The summed E-state index contributed by atoms with van der Waals surface area (Å²) in [6.45, 7) is 6.51. The van der Waals surface area contributed by atoms with Gasteiger partial charge in [-0.05, 0) is 33.6 Å². The number of rotatable bonds is 3. The van der Waals surface area contributed by atoms with Crippen LogP contribution in [0.1, 0.15) is 33.6 Å². The van der Waals surface area contributed by atoms with Gasteiger partial charge in [-0.3, -0.25) is 4.79 Å². The second-order valence-corrected chi connectivity index (χ2v) is 5.61. The van der Waals surface area contributed by atoms with Gasteiger partial charge in [-0.2, -0.15) is 0 Å². The first-order valence-electron chi connectivity index (χ1n) is 6.47. The van der Waals surface area contributed by atoms with Crippen molar-refractivity contribution in [1.82, 2.24) is 4.90 Å². The van der Waals surface area contributed by atoms with Crippen molar-refractivity contribution in [2.45, 2.75) is 39.2 Å². The Hall–Kier alpha value is -1.30. The molecule has 0 atom stereocenters. The zero-order chi connectivity index (χ0) is 14.5. The third-order valence-electron chi connectivity index (χ3n) is 2.80.